The number of ether oxygens (including phenoxy) is 1. The molecule has 2 aromatic carbocycles. The molecule has 0 atom stereocenters. The van der Waals surface area contributed by atoms with Gasteiger partial charge in [0.2, 0.25) is 0 Å². The number of carbonyl (C=O) groups excluding carboxylic acids is 3. The first-order valence-electron chi connectivity index (χ1n) is 7.72. The highest BCUT2D eigenvalue weighted by Gasteiger charge is 2.36. The van der Waals surface area contributed by atoms with Gasteiger partial charge in [-0.2, -0.15) is 0 Å². The molecule has 1 fully saturated rings. The van der Waals surface area contributed by atoms with E-state index in [1.54, 1.807) is 49.6 Å². The van der Waals surface area contributed by atoms with Gasteiger partial charge in [0.05, 0.1) is 12.8 Å². The van der Waals surface area contributed by atoms with Crippen LogP contribution in [0.15, 0.2) is 52.5 Å². The summed E-state index contributed by atoms with van der Waals surface area (Å²) >= 11 is 3.31. The van der Waals surface area contributed by atoms with Crippen molar-refractivity contribution in [3.05, 3.63) is 63.6 Å². The van der Waals surface area contributed by atoms with Crippen molar-refractivity contribution in [3.63, 3.8) is 0 Å². The highest BCUT2D eigenvalue weighted by atomic mass is 79.9. The number of barbiturate groups is 1. The fraction of sp³-hybridized carbons (Fsp3) is 0.105. The molecule has 26 heavy (non-hydrogen) atoms. The minimum absolute atomic E-state index is 0.113. The van der Waals surface area contributed by atoms with Crippen molar-refractivity contribution in [1.82, 2.24) is 5.32 Å². The Morgan fingerprint density at radius 2 is 1.88 bits per heavy atom. The molecule has 0 spiro atoms. The summed E-state index contributed by atoms with van der Waals surface area (Å²) in [6.45, 7) is 1.84. The molecule has 0 radical (unpaired) electrons. The van der Waals surface area contributed by atoms with Crippen molar-refractivity contribution in [3.8, 4) is 5.75 Å². The van der Waals surface area contributed by atoms with E-state index in [0.717, 1.165) is 10.5 Å². The monoisotopic (exact) mass is 414 g/mol. The van der Waals surface area contributed by atoms with E-state index >= 15 is 0 Å². The van der Waals surface area contributed by atoms with E-state index in [0.29, 0.717) is 21.5 Å². The molecule has 6 nitrogen and oxygen atoms in total. The second-order valence-electron chi connectivity index (χ2n) is 5.66. The molecule has 1 saturated heterocycles. The van der Waals surface area contributed by atoms with Crippen LogP contribution in [0, 0.1) is 6.92 Å². The van der Waals surface area contributed by atoms with Gasteiger partial charge in [-0.3, -0.25) is 14.9 Å². The van der Waals surface area contributed by atoms with Crippen LogP contribution in [0.1, 0.15) is 11.1 Å². The van der Waals surface area contributed by atoms with Crippen molar-refractivity contribution in [2.24, 2.45) is 0 Å². The van der Waals surface area contributed by atoms with Crippen molar-refractivity contribution < 1.29 is 19.1 Å². The second kappa shape index (κ2) is 7.13. The summed E-state index contributed by atoms with van der Waals surface area (Å²) in [7, 11) is 1.56. The van der Waals surface area contributed by atoms with Gasteiger partial charge in [0.25, 0.3) is 11.8 Å². The fourth-order valence-corrected chi connectivity index (χ4v) is 2.99. The topological polar surface area (TPSA) is 75.7 Å². The van der Waals surface area contributed by atoms with Crippen LogP contribution in [0.4, 0.5) is 10.5 Å². The minimum atomic E-state index is -0.776. The number of hydrogen-bond donors (Lipinski definition) is 1. The van der Waals surface area contributed by atoms with Gasteiger partial charge in [-0.15, -0.1) is 0 Å². The van der Waals surface area contributed by atoms with Gasteiger partial charge < -0.3 is 4.74 Å². The van der Waals surface area contributed by atoms with Gasteiger partial charge in [-0.05, 0) is 54.5 Å². The zero-order valence-corrected chi connectivity index (χ0v) is 15.7. The lowest BCUT2D eigenvalue weighted by Crippen LogP contribution is -2.54. The highest BCUT2D eigenvalue weighted by molar-refractivity contribution is 9.10. The quantitative estimate of drug-likeness (QED) is 0.616. The number of methoxy groups -OCH3 is 1. The average molecular weight is 415 g/mol. The first-order chi connectivity index (χ1) is 12.4. The molecule has 0 aliphatic carbocycles. The van der Waals surface area contributed by atoms with Gasteiger partial charge in [0.15, 0.2) is 0 Å². The maximum atomic E-state index is 12.8. The number of aryl methyl sites for hydroxylation is 1. The summed E-state index contributed by atoms with van der Waals surface area (Å²) in [5.74, 6) is -0.719. The molecular formula is C19H15BrN2O4. The lowest BCUT2D eigenvalue weighted by Gasteiger charge is -2.26. The Labute approximate surface area is 158 Å². The summed E-state index contributed by atoms with van der Waals surface area (Å²) in [6, 6.07) is 11.2. The Kier molecular flexibility index (Phi) is 4.90. The number of nitrogens with zero attached hydrogens (tertiary/aromatic N) is 1. The number of hydrogen-bond acceptors (Lipinski definition) is 4. The van der Waals surface area contributed by atoms with Gasteiger partial charge in [0, 0.05) is 4.47 Å². The Hall–Kier alpha value is -2.93. The molecule has 0 saturated carbocycles. The second-order valence-corrected chi connectivity index (χ2v) is 6.58. The average Bonchev–Trinajstić information content (AvgIpc) is 2.59. The van der Waals surface area contributed by atoms with Gasteiger partial charge in [0.1, 0.15) is 11.3 Å². The SMILES string of the molecule is COc1ccc(C=C2C(=O)NC(=O)N(c3cccc(Br)c3)C2=O)c(C)c1. The molecule has 1 heterocycles. The molecule has 0 unspecified atom stereocenters. The highest BCUT2D eigenvalue weighted by Crippen LogP contribution is 2.26. The molecule has 7 heteroatoms. The number of amides is 4. The molecule has 0 aromatic heterocycles. The zero-order valence-electron chi connectivity index (χ0n) is 14.1. The Balaban J connectivity index is 2.03. The van der Waals surface area contributed by atoms with Crippen LogP contribution in [-0.4, -0.2) is 25.0 Å². The van der Waals surface area contributed by atoms with E-state index in [-0.39, 0.29) is 5.57 Å². The molecule has 132 valence electrons. The molecular weight excluding hydrogens is 400 g/mol. The summed E-state index contributed by atoms with van der Waals surface area (Å²) in [4.78, 5) is 38.2. The maximum Gasteiger partial charge on any atom is 0.335 e. The molecule has 2 aromatic rings. The van der Waals surface area contributed by atoms with Crippen LogP contribution in [0.2, 0.25) is 0 Å². The van der Waals surface area contributed by atoms with Crippen molar-refractivity contribution in [2.75, 3.05) is 12.0 Å². The van der Waals surface area contributed by atoms with E-state index in [1.165, 1.54) is 6.08 Å². The number of benzene rings is 2. The molecule has 1 aliphatic rings. The molecule has 0 bridgehead atoms. The Morgan fingerprint density at radius 3 is 2.54 bits per heavy atom. The van der Waals surface area contributed by atoms with Gasteiger partial charge >= 0.3 is 6.03 Å². The standard InChI is InChI=1S/C19H15BrN2O4/c1-11-8-15(26-2)7-6-12(11)9-16-17(23)21-19(25)22(18(16)24)14-5-3-4-13(20)10-14/h3-10H,1-2H3,(H,21,23,25). The first kappa shape index (κ1) is 17.9. The van der Waals surface area contributed by atoms with E-state index in [2.05, 4.69) is 21.2 Å². The van der Waals surface area contributed by atoms with Crippen LogP contribution in [0.5, 0.6) is 5.75 Å². The number of halogens is 1. The van der Waals surface area contributed by atoms with Crippen LogP contribution in [0.25, 0.3) is 6.08 Å². The molecule has 1 N–H and O–H groups in total. The van der Waals surface area contributed by atoms with Gasteiger partial charge in [-0.25, -0.2) is 9.69 Å². The van der Waals surface area contributed by atoms with Crippen molar-refractivity contribution in [2.45, 2.75) is 6.92 Å². The largest absolute Gasteiger partial charge is 0.497 e. The van der Waals surface area contributed by atoms with Gasteiger partial charge in [-0.1, -0.05) is 28.1 Å². The third-order valence-electron chi connectivity index (χ3n) is 3.94. The van der Waals surface area contributed by atoms with E-state index in [1.807, 2.05) is 6.92 Å². The van der Waals surface area contributed by atoms with Crippen molar-refractivity contribution in [1.29, 1.82) is 0 Å². The first-order valence-corrected chi connectivity index (χ1v) is 8.51. The van der Waals surface area contributed by atoms with E-state index in [4.69, 9.17) is 4.74 Å². The molecule has 3 rings (SSSR count). The lowest BCUT2D eigenvalue weighted by molar-refractivity contribution is -0.122. The number of urea groups is 1. The van der Waals surface area contributed by atoms with E-state index < -0.39 is 17.8 Å². The number of carbonyl (C=O) groups is 3. The Morgan fingerprint density at radius 1 is 1.12 bits per heavy atom. The Bertz CT molecular complexity index is 952. The number of nitrogens with one attached hydrogen (secondary N) is 1. The third-order valence-corrected chi connectivity index (χ3v) is 4.44. The van der Waals surface area contributed by atoms with E-state index in [9.17, 15) is 14.4 Å². The van der Waals surface area contributed by atoms with Crippen LogP contribution in [-0.2, 0) is 9.59 Å². The predicted octanol–water partition coefficient (Wildman–Crippen LogP) is 3.43. The fourth-order valence-electron chi connectivity index (χ4n) is 2.60. The summed E-state index contributed by atoms with van der Waals surface area (Å²) in [5.41, 5.74) is 1.78. The lowest BCUT2D eigenvalue weighted by atomic mass is 10.0. The summed E-state index contributed by atoms with van der Waals surface area (Å²) in [5, 5.41) is 2.21. The van der Waals surface area contributed by atoms with Crippen molar-refractivity contribution >= 4 is 45.5 Å². The molecule has 4 amide bonds. The smallest absolute Gasteiger partial charge is 0.335 e. The van der Waals surface area contributed by atoms with Crippen LogP contribution in [0.3, 0.4) is 0 Å². The zero-order chi connectivity index (χ0) is 18.8. The summed E-state index contributed by atoms with van der Waals surface area (Å²) in [6.07, 6.45) is 1.48. The number of anilines is 1. The van der Waals surface area contributed by atoms with Crippen LogP contribution < -0.4 is 15.0 Å². The third kappa shape index (κ3) is 3.39. The number of imide groups is 2. The normalized spacial score (nSPS) is 16.0. The number of rotatable bonds is 3. The van der Waals surface area contributed by atoms with Crippen LogP contribution >= 0.6 is 15.9 Å². The molecule has 1 aliphatic heterocycles. The maximum absolute atomic E-state index is 12.8. The summed E-state index contributed by atoms with van der Waals surface area (Å²) < 4.78 is 5.87. The minimum Gasteiger partial charge on any atom is -0.497 e. The predicted molar refractivity (Wildman–Crippen MR) is 101 cm³/mol.